The summed E-state index contributed by atoms with van der Waals surface area (Å²) in [5.41, 5.74) is 2.06. The summed E-state index contributed by atoms with van der Waals surface area (Å²) in [6.07, 6.45) is 0. The van der Waals surface area contributed by atoms with Crippen LogP contribution in [0.2, 0.25) is 0 Å². The highest BCUT2D eigenvalue weighted by atomic mass is 16.5. The molecular weight excluding hydrogens is 588 g/mol. The number of hydrogen-bond acceptors (Lipinski definition) is 7. The molecule has 10 nitrogen and oxygen atoms in total. The maximum atomic E-state index is 13.4. The van der Waals surface area contributed by atoms with Crippen molar-refractivity contribution in [1.29, 1.82) is 0 Å². The number of carbonyl (C=O) groups is 3. The third-order valence-corrected chi connectivity index (χ3v) is 6.44. The molecule has 0 unspecified atom stereocenters. The highest BCUT2D eigenvalue weighted by Gasteiger charge is 2.18. The van der Waals surface area contributed by atoms with Crippen LogP contribution in [0.5, 0.6) is 17.2 Å². The fraction of sp³-hybridized carbons (Fsp3) is 0.417. The number of carboxylic acids is 1. The van der Waals surface area contributed by atoms with E-state index in [2.05, 4.69) is 10.6 Å². The lowest BCUT2D eigenvalue weighted by Gasteiger charge is -2.20. The number of hydrogen-bond donors (Lipinski definition) is 3. The van der Waals surface area contributed by atoms with Gasteiger partial charge in [-0.2, -0.15) is 0 Å². The first-order chi connectivity index (χ1) is 21.6. The lowest BCUT2D eigenvalue weighted by Crippen LogP contribution is -2.22. The van der Waals surface area contributed by atoms with E-state index in [0.29, 0.717) is 54.9 Å². The van der Waals surface area contributed by atoms with Crippen LogP contribution in [-0.4, -0.2) is 54.9 Å². The van der Waals surface area contributed by atoms with E-state index < -0.39 is 11.9 Å². The Balaban J connectivity index is 1.81. The van der Waals surface area contributed by atoms with Crippen molar-refractivity contribution in [2.45, 2.75) is 61.0 Å². The summed E-state index contributed by atoms with van der Waals surface area (Å²) in [5.74, 6) is -0.381. The molecule has 0 aliphatic heterocycles. The van der Waals surface area contributed by atoms with Crippen LogP contribution >= 0.6 is 0 Å². The number of benzene rings is 3. The van der Waals surface area contributed by atoms with Gasteiger partial charge in [0.15, 0.2) is 0 Å². The summed E-state index contributed by atoms with van der Waals surface area (Å²) < 4.78 is 23.4. The van der Waals surface area contributed by atoms with Crippen molar-refractivity contribution in [3.05, 3.63) is 76.9 Å². The third kappa shape index (κ3) is 11.1. The topological polar surface area (TPSA) is 132 Å². The second-order valence-electron chi connectivity index (χ2n) is 12.8. The zero-order chi connectivity index (χ0) is 34.0. The molecule has 0 saturated carbocycles. The number of carbonyl (C=O) groups excluding carboxylic acids is 2. The molecule has 248 valence electrons. The second kappa shape index (κ2) is 16.1. The molecule has 0 fully saturated rings. The van der Waals surface area contributed by atoms with Crippen LogP contribution < -0.4 is 24.8 Å². The van der Waals surface area contributed by atoms with E-state index in [1.165, 1.54) is 18.2 Å². The normalized spacial score (nSPS) is 11.3. The van der Waals surface area contributed by atoms with Crippen molar-refractivity contribution in [2.75, 3.05) is 37.1 Å². The maximum Gasteiger partial charge on any atom is 0.335 e. The minimum absolute atomic E-state index is 0.0445. The third-order valence-electron chi connectivity index (χ3n) is 6.44. The van der Waals surface area contributed by atoms with Crippen molar-refractivity contribution < 1.29 is 38.4 Å². The van der Waals surface area contributed by atoms with E-state index in [9.17, 15) is 19.5 Å². The number of aryl methyl sites for hydroxylation is 1. The van der Waals surface area contributed by atoms with Crippen molar-refractivity contribution in [1.82, 2.24) is 0 Å². The summed E-state index contributed by atoms with van der Waals surface area (Å²) in [5, 5.41) is 15.1. The largest absolute Gasteiger partial charge is 0.491 e. The number of carboxylic acid groups (broad SMARTS) is 1. The zero-order valence-corrected chi connectivity index (χ0v) is 28.0. The highest BCUT2D eigenvalue weighted by Crippen LogP contribution is 2.31. The van der Waals surface area contributed by atoms with Gasteiger partial charge in [0.05, 0.1) is 42.4 Å². The Morgan fingerprint density at radius 2 is 1.13 bits per heavy atom. The number of anilines is 2. The molecule has 3 rings (SSSR count). The van der Waals surface area contributed by atoms with Gasteiger partial charge in [0, 0.05) is 11.1 Å². The van der Waals surface area contributed by atoms with Crippen LogP contribution in [0.1, 0.15) is 85.1 Å². The van der Waals surface area contributed by atoms with Gasteiger partial charge in [-0.3, -0.25) is 9.59 Å². The van der Waals surface area contributed by atoms with Crippen molar-refractivity contribution >= 4 is 29.2 Å². The van der Waals surface area contributed by atoms with Gasteiger partial charge in [0.1, 0.15) is 23.9 Å². The summed E-state index contributed by atoms with van der Waals surface area (Å²) >= 11 is 0. The Morgan fingerprint density at radius 3 is 1.61 bits per heavy atom. The molecule has 0 aliphatic rings. The van der Waals surface area contributed by atoms with E-state index in [1.807, 2.05) is 61.5 Å². The number of ether oxygens (including phenoxy) is 4. The molecule has 2 amide bonds. The smallest absolute Gasteiger partial charge is 0.335 e. The summed E-state index contributed by atoms with van der Waals surface area (Å²) in [7, 11) is 0. The quantitative estimate of drug-likeness (QED) is 0.147. The van der Waals surface area contributed by atoms with Crippen LogP contribution in [0.3, 0.4) is 0 Å². The van der Waals surface area contributed by atoms with Crippen molar-refractivity contribution in [2.24, 2.45) is 11.8 Å². The Kier molecular flexibility index (Phi) is 12.6. The first kappa shape index (κ1) is 35.9. The van der Waals surface area contributed by atoms with Gasteiger partial charge in [0.2, 0.25) is 0 Å². The predicted molar refractivity (Wildman–Crippen MR) is 179 cm³/mol. The Morgan fingerprint density at radius 1 is 0.674 bits per heavy atom. The van der Waals surface area contributed by atoms with Gasteiger partial charge in [-0.25, -0.2) is 4.79 Å². The Hall–Kier alpha value is -4.57. The monoisotopic (exact) mass is 634 g/mol. The van der Waals surface area contributed by atoms with Crippen LogP contribution in [0, 0.1) is 18.8 Å². The average molecular weight is 635 g/mol. The van der Waals surface area contributed by atoms with E-state index in [1.54, 1.807) is 30.3 Å². The van der Waals surface area contributed by atoms with Gasteiger partial charge < -0.3 is 34.7 Å². The molecular formula is C36H46N2O8. The molecule has 3 aromatic rings. The molecule has 0 spiro atoms. The predicted octanol–water partition coefficient (Wildman–Crippen LogP) is 7.46. The lowest BCUT2D eigenvalue weighted by atomic mass is 10.1. The first-order valence-electron chi connectivity index (χ1n) is 15.4. The minimum atomic E-state index is -1.10. The van der Waals surface area contributed by atoms with E-state index in [-0.39, 0.29) is 40.2 Å². The van der Waals surface area contributed by atoms with E-state index in [0.717, 1.165) is 5.56 Å². The highest BCUT2D eigenvalue weighted by molar-refractivity contribution is 6.08. The van der Waals surface area contributed by atoms with Crippen molar-refractivity contribution in [3.63, 3.8) is 0 Å². The lowest BCUT2D eigenvalue weighted by molar-refractivity contribution is -0.0163. The number of amides is 2. The molecule has 0 heterocycles. The van der Waals surface area contributed by atoms with Gasteiger partial charge in [-0.05, 0) is 93.6 Å². The molecule has 3 N–H and O–H groups in total. The van der Waals surface area contributed by atoms with E-state index >= 15 is 0 Å². The fourth-order valence-electron chi connectivity index (χ4n) is 4.06. The second-order valence-corrected chi connectivity index (χ2v) is 12.8. The molecule has 0 bridgehead atoms. The first-order valence-corrected chi connectivity index (χ1v) is 15.4. The van der Waals surface area contributed by atoms with Crippen LogP contribution in [0.25, 0.3) is 0 Å². The van der Waals surface area contributed by atoms with E-state index in [4.69, 9.17) is 18.9 Å². The molecule has 0 saturated heterocycles. The standard InChI is InChI=1S/C36H46N2O8/c1-22(2)20-44-31-18-26(34(40)38-29-14-12-27(35(41)42)19-32(29)45-21-23(3)4)11-13-28(31)37-33(39)25-10-9-24(5)30(17-25)43-15-16-46-36(6,7)8/h9-14,17-19,22-23H,15-16,20-21H2,1-8H3,(H,37,39)(H,38,40)(H,41,42). The van der Waals surface area contributed by atoms with Crippen LogP contribution in [0.4, 0.5) is 11.4 Å². The van der Waals surface area contributed by atoms with Gasteiger partial charge >= 0.3 is 5.97 Å². The maximum absolute atomic E-state index is 13.4. The number of rotatable bonds is 15. The molecule has 0 aliphatic carbocycles. The Labute approximate surface area is 271 Å². The molecule has 3 aromatic carbocycles. The Bertz CT molecular complexity index is 1520. The molecule has 0 aromatic heterocycles. The number of nitrogens with one attached hydrogen (secondary N) is 2. The van der Waals surface area contributed by atoms with Gasteiger partial charge in [-0.15, -0.1) is 0 Å². The summed E-state index contributed by atoms with van der Waals surface area (Å²) in [4.78, 5) is 38.2. The minimum Gasteiger partial charge on any atom is -0.491 e. The van der Waals surface area contributed by atoms with Gasteiger partial charge in [0.25, 0.3) is 11.8 Å². The summed E-state index contributed by atoms with van der Waals surface area (Å²) in [6, 6.07) is 14.3. The molecule has 46 heavy (non-hydrogen) atoms. The van der Waals surface area contributed by atoms with Gasteiger partial charge in [-0.1, -0.05) is 33.8 Å². The molecule has 0 atom stereocenters. The zero-order valence-electron chi connectivity index (χ0n) is 28.0. The average Bonchev–Trinajstić information content (AvgIpc) is 2.98. The number of aromatic carboxylic acids is 1. The van der Waals surface area contributed by atoms with Crippen LogP contribution in [0.15, 0.2) is 54.6 Å². The van der Waals surface area contributed by atoms with Crippen molar-refractivity contribution in [3.8, 4) is 17.2 Å². The fourth-order valence-corrected chi connectivity index (χ4v) is 4.06. The SMILES string of the molecule is Cc1ccc(C(=O)Nc2ccc(C(=O)Nc3ccc(C(=O)O)cc3OCC(C)C)cc2OCC(C)C)cc1OCCOC(C)(C)C. The molecule has 0 radical (unpaired) electrons. The summed E-state index contributed by atoms with van der Waals surface area (Å²) in [6.45, 7) is 17.2. The van der Waals surface area contributed by atoms with Crippen LogP contribution in [-0.2, 0) is 4.74 Å². The molecule has 10 heteroatoms.